The fourth-order valence-electron chi connectivity index (χ4n) is 2.42. The number of halogens is 1. The highest BCUT2D eigenvalue weighted by molar-refractivity contribution is 5.92. The van der Waals surface area contributed by atoms with Crippen LogP contribution in [0.3, 0.4) is 0 Å². The van der Waals surface area contributed by atoms with Gasteiger partial charge in [-0.3, -0.25) is 5.10 Å². The van der Waals surface area contributed by atoms with Crippen molar-refractivity contribution < 1.29 is 9.52 Å². The SMILES string of the molecule is Cc1c(CCO)c(=O)oc2n[nH]c(-c3ccccc3)c12.Cl. The molecule has 0 saturated heterocycles. The summed E-state index contributed by atoms with van der Waals surface area (Å²) in [4.78, 5) is 11.9. The predicted molar refractivity (Wildman–Crippen MR) is 82.8 cm³/mol. The molecule has 5 nitrogen and oxygen atoms in total. The number of nitrogens with zero attached hydrogens (tertiary/aromatic N) is 1. The van der Waals surface area contributed by atoms with Gasteiger partial charge >= 0.3 is 5.63 Å². The third-order valence-corrected chi connectivity index (χ3v) is 3.42. The second-order valence-corrected chi connectivity index (χ2v) is 4.61. The molecule has 0 spiro atoms. The van der Waals surface area contributed by atoms with Gasteiger partial charge in [-0.05, 0) is 12.5 Å². The van der Waals surface area contributed by atoms with E-state index in [1.54, 1.807) is 0 Å². The molecule has 0 aliphatic heterocycles. The van der Waals surface area contributed by atoms with Gasteiger partial charge in [0.25, 0.3) is 0 Å². The Labute approximate surface area is 127 Å². The third-order valence-electron chi connectivity index (χ3n) is 3.42. The number of hydrogen-bond donors (Lipinski definition) is 2. The maximum Gasteiger partial charge on any atom is 0.341 e. The molecule has 3 rings (SSSR count). The number of aromatic amines is 1. The molecule has 2 heterocycles. The molecule has 0 aliphatic carbocycles. The lowest BCUT2D eigenvalue weighted by Gasteiger charge is -2.05. The number of benzene rings is 1. The van der Waals surface area contributed by atoms with Crippen molar-refractivity contribution in [1.29, 1.82) is 0 Å². The van der Waals surface area contributed by atoms with Crippen molar-refractivity contribution in [2.45, 2.75) is 13.3 Å². The molecule has 2 aromatic heterocycles. The monoisotopic (exact) mass is 306 g/mol. The van der Waals surface area contributed by atoms with E-state index in [0.717, 1.165) is 22.2 Å². The summed E-state index contributed by atoms with van der Waals surface area (Å²) in [7, 11) is 0. The van der Waals surface area contributed by atoms with Crippen LogP contribution in [0, 0.1) is 6.92 Å². The molecule has 0 unspecified atom stereocenters. The van der Waals surface area contributed by atoms with E-state index in [4.69, 9.17) is 9.52 Å². The number of H-pyrrole nitrogens is 1. The van der Waals surface area contributed by atoms with Gasteiger partial charge in [-0.15, -0.1) is 17.5 Å². The number of aromatic nitrogens is 2. The Kier molecular flexibility index (Phi) is 4.45. The van der Waals surface area contributed by atoms with Crippen LogP contribution in [0.25, 0.3) is 22.4 Å². The van der Waals surface area contributed by atoms with E-state index >= 15 is 0 Å². The van der Waals surface area contributed by atoms with Crippen molar-refractivity contribution in [2.24, 2.45) is 0 Å². The lowest BCUT2D eigenvalue weighted by Crippen LogP contribution is -2.11. The van der Waals surface area contributed by atoms with Crippen molar-refractivity contribution in [3.63, 3.8) is 0 Å². The highest BCUT2D eigenvalue weighted by Crippen LogP contribution is 2.29. The van der Waals surface area contributed by atoms with Crippen LogP contribution < -0.4 is 5.63 Å². The molecule has 0 amide bonds. The van der Waals surface area contributed by atoms with Crippen LogP contribution >= 0.6 is 12.4 Å². The Morgan fingerprint density at radius 2 is 2.00 bits per heavy atom. The highest BCUT2D eigenvalue weighted by Gasteiger charge is 2.17. The molecule has 1 aromatic carbocycles. The summed E-state index contributed by atoms with van der Waals surface area (Å²) >= 11 is 0. The van der Waals surface area contributed by atoms with Gasteiger partial charge in [0.2, 0.25) is 5.71 Å². The number of fused-ring (bicyclic) bond motifs is 1. The fourth-order valence-corrected chi connectivity index (χ4v) is 2.42. The van der Waals surface area contributed by atoms with Crippen LogP contribution in [0.5, 0.6) is 0 Å². The average molecular weight is 307 g/mol. The van der Waals surface area contributed by atoms with Crippen LogP contribution in [0.1, 0.15) is 11.1 Å². The number of rotatable bonds is 3. The minimum atomic E-state index is -0.435. The summed E-state index contributed by atoms with van der Waals surface area (Å²) in [6, 6.07) is 9.73. The van der Waals surface area contributed by atoms with E-state index in [9.17, 15) is 4.79 Å². The van der Waals surface area contributed by atoms with Crippen molar-refractivity contribution >= 4 is 23.5 Å². The molecule has 0 bridgehead atoms. The van der Waals surface area contributed by atoms with Gasteiger partial charge in [-0.25, -0.2) is 4.79 Å². The molecular formula is C15H15ClN2O3. The predicted octanol–water partition coefficient (Wildman–Crippen LogP) is 2.45. The fraction of sp³-hybridized carbons (Fsp3) is 0.200. The first-order valence-corrected chi connectivity index (χ1v) is 6.39. The molecule has 21 heavy (non-hydrogen) atoms. The van der Waals surface area contributed by atoms with E-state index < -0.39 is 5.63 Å². The zero-order valence-electron chi connectivity index (χ0n) is 11.4. The van der Waals surface area contributed by atoms with Gasteiger partial charge < -0.3 is 9.52 Å². The third kappa shape index (κ3) is 2.57. The summed E-state index contributed by atoms with van der Waals surface area (Å²) in [5, 5.41) is 16.9. The smallest absolute Gasteiger partial charge is 0.341 e. The maximum absolute atomic E-state index is 11.9. The highest BCUT2D eigenvalue weighted by atomic mass is 35.5. The number of nitrogens with one attached hydrogen (secondary N) is 1. The Morgan fingerprint density at radius 1 is 1.29 bits per heavy atom. The minimum absolute atomic E-state index is 0. The molecule has 2 N–H and O–H groups in total. The van der Waals surface area contributed by atoms with Gasteiger partial charge in [0.15, 0.2) is 0 Å². The van der Waals surface area contributed by atoms with E-state index in [-0.39, 0.29) is 25.4 Å². The standard InChI is InChI=1S/C15H14N2O3.ClH/c1-9-11(7-8-18)15(19)20-14-12(9)13(16-17-14)10-5-3-2-4-6-10;/h2-6,18H,7-8H2,1H3,(H,16,17);1H. The molecular weight excluding hydrogens is 292 g/mol. The van der Waals surface area contributed by atoms with Crippen LogP contribution in [-0.2, 0) is 6.42 Å². The van der Waals surface area contributed by atoms with Gasteiger partial charge in [0, 0.05) is 24.2 Å². The normalized spacial score (nSPS) is 10.6. The van der Waals surface area contributed by atoms with Crippen LogP contribution in [-0.4, -0.2) is 21.9 Å². The summed E-state index contributed by atoms with van der Waals surface area (Å²) in [5.74, 6) is 0. The van der Waals surface area contributed by atoms with Crippen LogP contribution in [0.2, 0.25) is 0 Å². The molecule has 6 heteroatoms. The molecule has 0 atom stereocenters. The van der Waals surface area contributed by atoms with Gasteiger partial charge in [0.1, 0.15) is 0 Å². The largest absolute Gasteiger partial charge is 0.402 e. The second kappa shape index (κ2) is 6.11. The van der Waals surface area contributed by atoms with E-state index in [0.29, 0.717) is 11.3 Å². The molecule has 110 valence electrons. The van der Waals surface area contributed by atoms with Crippen molar-refractivity contribution in [3.05, 3.63) is 51.9 Å². The van der Waals surface area contributed by atoms with E-state index in [1.807, 2.05) is 37.3 Å². The Morgan fingerprint density at radius 3 is 2.67 bits per heavy atom. The Hall–Kier alpha value is -2.11. The molecule has 3 aromatic rings. The van der Waals surface area contributed by atoms with Crippen molar-refractivity contribution in [2.75, 3.05) is 6.61 Å². The minimum Gasteiger partial charge on any atom is -0.402 e. The van der Waals surface area contributed by atoms with Crippen LogP contribution in [0.15, 0.2) is 39.5 Å². The Balaban J connectivity index is 0.00000161. The molecule has 0 radical (unpaired) electrons. The zero-order chi connectivity index (χ0) is 14.1. The average Bonchev–Trinajstić information content (AvgIpc) is 2.88. The first-order chi connectivity index (χ1) is 9.72. The first kappa shape index (κ1) is 15.3. The topological polar surface area (TPSA) is 79.1 Å². The van der Waals surface area contributed by atoms with Gasteiger partial charge in [-0.1, -0.05) is 30.3 Å². The summed E-state index contributed by atoms with van der Waals surface area (Å²) in [6.45, 7) is 1.77. The van der Waals surface area contributed by atoms with Gasteiger partial charge in [0.05, 0.1) is 11.1 Å². The van der Waals surface area contributed by atoms with E-state index in [1.165, 1.54) is 0 Å². The lowest BCUT2D eigenvalue weighted by atomic mass is 10.0. The first-order valence-electron chi connectivity index (χ1n) is 6.39. The summed E-state index contributed by atoms with van der Waals surface area (Å²) in [5.41, 5.74) is 2.96. The number of aryl methyl sites for hydroxylation is 1. The quantitative estimate of drug-likeness (QED) is 0.779. The van der Waals surface area contributed by atoms with Gasteiger partial charge in [-0.2, -0.15) is 0 Å². The zero-order valence-corrected chi connectivity index (χ0v) is 12.2. The van der Waals surface area contributed by atoms with Crippen molar-refractivity contribution in [1.82, 2.24) is 10.2 Å². The maximum atomic E-state index is 11.9. The summed E-state index contributed by atoms with van der Waals surface area (Å²) in [6.07, 6.45) is 0.281. The molecule has 0 saturated carbocycles. The second-order valence-electron chi connectivity index (χ2n) is 4.61. The van der Waals surface area contributed by atoms with E-state index in [2.05, 4.69) is 10.2 Å². The lowest BCUT2D eigenvalue weighted by molar-refractivity contribution is 0.297. The molecule has 0 fully saturated rings. The number of aliphatic hydroxyl groups excluding tert-OH is 1. The summed E-state index contributed by atoms with van der Waals surface area (Å²) < 4.78 is 5.22. The van der Waals surface area contributed by atoms with Crippen molar-refractivity contribution in [3.8, 4) is 11.3 Å². The van der Waals surface area contributed by atoms with Crippen LogP contribution in [0.4, 0.5) is 0 Å². The number of hydrogen-bond acceptors (Lipinski definition) is 4. The number of aliphatic hydroxyl groups is 1. The Bertz CT molecular complexity index is 809. The molecule has 0 aliphatic rings.